The Morgan fingerprint density at radius 3 is 2.44 bits per heavy atom. The lowest BCUT2D eigenvalue weighted by Crippen LogP contribution is -2.50. The molecule has 0 bridgehead atoms. The smallest absolute Gasteiger partial charge is 0.219 e. The van der Waals surface area contributed by atoms with Crippen LogP contribution in [0.3, 0.4) is 0 Å². The topological polar surface area (TPSA) is 49.4 Å². The Kier molecular flexibility index (Phi) is 4.04. The van der Waals surface area contributed by atoms with Crippen molar-refractivity contribution in [1.29, 1.82) is 0 Å². The molecule has 0 aliphatic carbocycles. The molecule has 0 aromatic heterocycles. The molecule has 0 radical (unpaired) electrons. The lowest BCUT2D eigenvalue weighted by molar-refractivity contribution is 0.223. The Morgan fingerprint density at radius 2 is 1.89 bits per heavy atom. The van der Waals surface area contributed by atoms with Crippen LogP contribution in [0.1, 0.15) is 46.5 Å². The van der Waals surface area contributed by atoms with Crippen LogP contribution in [0.2, 0.25) is 0 Å². The molecule has 2 fully saturated rings. The highest BCUT2D eigenvalue weighted by atomic mass is 32.2. The van der Waals surface area contributed by atoms with Gasteiger partial charge < -0.3 is 5.32 Å². The molecule has 2 rings (SSSR count). The first-order valence-electron chi connectivity index (χ1n) is 7.05. The molecule has 5 heteroatoms. The van der Waals surface area contributed by atoms with Gasteiger partial charge in [0.2, 0.25) is 10.0 Å². The number of sulfonamides is 1. The largest absolute Gasteiger partial charge is 0.314 e. The zero-order valence-corrected chi connectivity index (χ0v) is 12.6. The monoisotopic (exact) mass is 274 g/mol. The fourth-order valence-electron chi connectivity index (χ4n) is 3.02. The van der Waals surface area contributed by atoms with E-state index in [4.69, 9.17) is 0 Å². The average molecular weight is 274 g/mol. The van der Waals surface area contributed by atoms with Gasteiger partial charge in [-0.1, -0.05) is 0 Å². The number of nitrogens with zero attached hydrogens (tertiary/aromatic N) is 1. The van der Waals surface area contributed by atoms with E-state index in [1.165, 1.54) is 12.8 Å². The summed E-state index contributed by atoms with van der Waals surface area (Å²) in [5, 5.41) is 3.52. The van der Waals surface area contributed by atoms with Gasteiger partial charge in [-0.05, 0) is 58.9 Å². The molecule has 2 unspecified atom stereocenters. The quantitative estimate of drug-likeness (QED) is 0.832. The van der Waals surface area contributed by atoms with E-state index >= 15 is 0 Å². The van der Waals surface area contributed by atoms with Crippen LogP contribution in [0.15, 0.2) is 0 Å². The summed E-state index contributed by atoms with van der Waals surface area (Å²) in [6.45, 7) is 7.87. The molecule has 1 N–H and O–H groups in total. The summed E-state index contributed by atoms with van der Waals surface area (Å²) >= 11 is 0. The van der Waals surface area contributed by atoms with Gasteiger partial charge in [-0.25, -0.2) is 12.7 Å². The standard InChI is InChI=1S/C13H26N2O2S/c1-13(2,3)18(16,17)15-9-5-6-11(10-15)12-7-4-8-14-12/h11-12,14H,4-10H2,1-3H3. The predicted octanol–water partition coefficient (Wildman–Crippen LogP) is 1.58. The molecule has 0 amide bonds. The second kappa shape index (κ2) is 5.10. The molecule has 0 aromatic rings. The highest BCUT2D eigenvalue weighted by molar-refractivity contribution is 7.90. The fourth-order valence-corrected chi connectivity index (χ4v) is 4.55. The summed E-state index contributed by atoms with van der Waals surface area (Å²) in [6, 6.07) is 0.531. The van der Waals surface area contributed by atoms with E-state index in [-0.39, 0.29) is 0 Å². The average Bonchev–Trinajstić information content (AvgIpc) is 2.81. The van der Waals surface area contributed by atoms with Crippen molar-refractivity contribution in [2.45, 2.75) is 57.2 Å². The molecule has 106 valence electrons. The van der Waals surface area contributed by atoms with Crippen molar-refractivity contribution < 1.29 is 8.42 Å². The second-order valence-electron chi connectivity index (χ2n) is 6.58. The summed E-state index contributed by atoms with van der Waals surface area (Å²) in [4.78, 5) is 0. The van der Waals surface area contributed by atoms with Gasteiger partial charge in [0.15, 0.2) is 0 Å². The Morgan fingerprint density at radius 1 is 1.17 bits per heavy atom. The van der Waals surface area contributed by atoms with Crippen LogP contribution in [0, 0.1) is 5.92 Å². The molecular formula is C13H26N2O2S. The first kappa shape index (κ1) is 14.3. The minimum Gasteiger partial charge on any atom is -0.314 e. The molecule has 18 heavy (non-hydrogen) atoms. The summed E-state index contributed by atoms with van der Waals surface area (Å²) < 4.78 is 26.0. The van der Waals surface area contributed by atoms with Crippen LogP contribution >= 0.6 is 0 Å². The van der Waals surface area contributed by atoms with Crippen molar-refractivity contribution in [2.24, 2.45) is 5.92 Å². The first-order valence-corrected chi connectivity index (χ1v) is 8.49. The summed E-state index contributed by atoms with van der Waals surface area (Å²) in [5.74, 6) is 0.498. The summed E-state index contributed by atoms with van der Waals surface area (Å²) in [6.07, 6.45) is 4.59. The molecule has 2 aliphatic rings. The highest BCUT2D eigenvalue weighted by Crippen LogP contribution is 2.29. The highest BCUT2D eigenvalue weighted by Gasteiger charge is 2.39. The predicted molar refractivity (Wildman–Crippen MR) is 74.0 cm³/mol. The van der Waals surface area contributed by atoms with Crippen molar-refractivity contribution in [2.75, 3.05) is 19.6 Å². The minimum absolute atomic E-state index is 0.498. The van der Waals surface area contributed by atoms with Gasteiger partial charge in [0.05, 0.1) is 4.75 Å². The van der Waals surface area contributed by atoms with Crippen LogP contribution in [0.4, 0.5) is 0 Å². The van der Waals surface area contributed by atoms with Crippen LogP contribution in [0.25, 0.3) is 0 Å². The molecule has 2 aliphatic heterocycles. The van der Waals surface area contributed by atoms with Crippen LogP contribution in [-0.4, -0.2) is 43.1 Å². The minimum atomic E-state index is -3.16. The number of rotatable bonds is 2. The van der Waals surface area contributed by atoms with Gasteiger partial charge in [0, 0.05) is 19.1 Å². The zero-order chi connectivity index (χ0) is 13.4. The molecule has 2 atom stereocenters. The van der Waals surface area contributed by atoms with Crippen molar-refractivity contribution in [3.63, 3.8) is 0 Å². The van der Waals surface area contributed by atoms with Crippen LogP contribution < -0.4 is 5.32 Å². The zero-order valence-electron chi connectivity index (χ0n) is 11.8. The number of nitrogens with one attached hydrogen (secondary N) is 1. The van der Waals surface area contributed by atoms with Gasteiger partial charge in [0.1, 0.15) is 0 Å². The third kappa shape index (κ3) is 2.73. The number of piperidine rings is 1. The van der Waals surface area contributed by atoms with Gasteiger partial charge in [-0.15, -0.1) is 0 Å². The van der Waals surface area contributed by atoms with Crippen molar-refractivity contribution in [3.05, 3.63) is 0 Å². The lowest BCUT2D eigenvalue weighted by Gasteiger charge is -2.38. The molecule has 2 saturated heterocycles. The molecule has 0 aromatic carbocycles. The summed E-state index contributed by atoms with van der Waals surface area (Å²) in [7, 11) is -3.16. The molecular weight excluding hydrogens is 248 g/mol. The van der Waals surface area contributed by atoms with Gasteiger partial charge in [0.25, 0.3) is 0 Å². The van der Waals surface area contributed by atoms with Crippen molar-refractivity contribution in [3.8, 4) is 0 Å². The van der Waals surface area contributed by atoms with Crippen LogP contribution in [0.5, 0.6) is 0 Å². The van der Waals surface area contributed by atoms with E-state index in [1.807, 2.05) is 0 Å². The normalized spacial score (nSPS) is 31.7. The Bertz CT molecular complexity index is 380. The third-order valence-corrected chi connectivity index (χ3v) is 6.76. The Balaban J connectivity index is 2.07. The van der Waals surface area contributed by atoms with Gasteiger partial charge >= 0.3 is 0 Å². The molecule has 4 nitrogen and oxygen atoms in total. The van der Waals surface area contributed by atoms with Gasteiger partial charge in [-0.3, -0.25) is 0 Å². The Labute approximate surface area is 111 Å². The van der Waals surface area contributed by atoms with Gasteiger partial charge in [-0.2, -0.15) is 0 Å². The van der Waals surface area contributed by atoms with E-state index in [0.29, 0.717) is 25.0 Å². The van der Waals surface area contributed by atoms with Crippen LogP contribution in [-0.2, 0) is 10.0 Å². The number of hydrogen-bond donors (Lipinski definition) is 1. The maximum absolute atomic E-state index is 12.5. The maximum atomic E-state index is 12.5. The fraction of sp³-hybridized carbons (Fsp3) is 1.00. The van der Waals surface area contributed by atoms with E-state index in [9.17, 15) is 8.42 Å². The van der Waals surface area contributed by atoms with E-state index < -0.39 is 14.8 Å². The lowest BCUT2D eigenvalue weighted by atomic mass is 9.91. The van der Waals surface area contributed by atoms with Crippen molar-refractivity contribution in [1.82, 2.24) is 9.62 Å². The van der Waals surface area contributed by atoms with Crippen molar-refractivity contribution >= 4 is 10.0 Å². The summed E-state index contributed by atoms with van der Waals surface area (Å²) in [5.41, 5.74) is 0. The third-order valence-electron chi connectivity index (χ3n) is 4.20. The van der Waals surface area contributed by atoms with E-state index in [0.717, 1.165) is 19.4 Å². The molecule has 0 spiro atoms. The SMILES string of the molecule is CC(C)(C)S(=O)(=O)N1CCCC(C2CCCN2)C1. The Hall–Kier alpha value is -0.130. The van der Waals surface area contributed by atoms with E-state index in [2.05, 4.69) is 5.32 Å². The maximum Gasteiger partial charge on any atom is 0.219 e. The number of hydrogen-bond acceptors (Lipinski definition) is 3. The van der Waals surface area contributed by atoms with E-state index in [1.54, 1.807) is 25.1 Å². The first-order chi connectivity index (χ1) is 8.32. The second-order valence-corrected chi connectivity index (χ2v) is 9.27. The molecule has 0 saturated carbocycles. The molecule has 2 heterocycles.